The van der Waals surface area contributed by atoms with Gasteiger partial charge in [0.1, 0.15) is 5.82 Å². The van der Waals surface area contributed by atoms with Crippen LogP contribution in [-0.2, 0) is 0 Å². The molecule has 0 saturated heterocycles. The standard InChI is InChI=1S/C9H13N3/c1-3-7-4-8(6(2)10)5-12-9(7)11/h3-6H,1,10H2,2H3,(H2,11,12)/t6-/m0/s1. The molecule has 0 aliphatic heterocycles. The van der Waals surface area contributed by atoms with Gasteiger partial charge in [-0.3, -0.25) is 0 Å². The van der Waals surface area contributed by atoms with Crippen molar-refractivity contribution in [3.63, 3.8) is 0 Å². The fourth-order valence-electron chi connectivity index (χ4n) is 0.922. The van der Waals surface area contributed by atoms with Gasteiger partial charge in [-0.1, -0.05) is 12.7 Å². The summed E-state index contributed by atoms with van der Waals surface area (Å²) in [6.07, 6.45) is 3.36. The summed E-state index contributed by atoms with van der Waals surface area (Å²) < 4.78 is 0. The number of anilines is 1. The molecule has 0 unspecified atom stereocenters. The third kappa shape index (κ3) is 1.62. The number of aromatic nitrogens is 1. The van der Waals surface area contributed by atoms with E-state index >= 15 is 0 Å². The summed E-state index contributed by atoms with van der Waals surface area (Å²) >= 11 is 0. The van der Waals surface area contributed by atoms with Crippen LogP contribution in [0.3, 0.4) is 0 Å². The molecule has 0 bridgehead atoms. The first-order valence-corrected chi connectivity index (χ1v) is 3.78. The van der Waals surface area contributed by atoms with Gasteiger partial charge in [-0.2, -0.15) is 0 Å². The van der Waals surface area contributed by atoms with E-state index in [9.17, 15) is 0 Å². The molecule has 0 saturated carbocycles. The van der Waals surface area contributed by atoms with Crippen molar-refractivity contribution in [2.75, 3.05) is 5.73 Å². The molecule has 64 valence electrons. The molecule has 0 amide bonds. The Morgan fingerprint density at radius 3 is 2.83 bits per heavy atom. The van der Waals surface area contributed by atoms with Gasteiger partial charge in [-0.05, 0) is 18.6 Å². The van der Waals surface area contributed by atoms with Crippen molar-refractivity contribution in [2.45, 2.75) is 13.0 Å². The molecule has 0 radical (unpaired) electrons. The van der Waals surface area contributed by atoms with Crippen molar-refractivity contribution in [1.82, 2.24) is 4.98 Å². The number of rotatable bonds is 2. The highest BCUT2D eigenvalue weighted by molar-refractivity contribution is 5.60. The topological polar surface area (TPSA) is 64.9 Å². The molecule has 1 aromatic heterocycles. The van der Waals surface area contributed by atoms with Crippen LogP contribution in [0.25, 0.3) is 6.08 Å². The third-order valence-corrected chi connectivity index (χ3v) is 1.72. The first-order chi connectivity index (χ1) is 5.65. The minimum absolute atomic E-state index is 0.0169. The minimum atomic E-state index is -0.0169. The predicted octanol–water partition coefficient (Wildman–Crippen LogP) is 1.33. The molecule has 0 aliphatic rings. The highest BCUT2D eigenvalue weighted by Crippen LogP contribution is 2.15. The van der Waals surface area contributed by atoms with Gasteiger partial charge in [-0.25, -0.2) is 4.98 Å². The van der Waals surface area contributed by atoms with E-state index in [1.165, 1.54) is 0 Å². The van der Waals surface area contributed by atoms with Crippen LogP contribution in [0.4, 0.5) is 5.82 Å². The Balaban J connectivity index is 3.13. The molecule has 1 heterocycles. The van der Waals surface area contributed by atoms with E-state index in [1.807, 2.05) is 13.0 Å². The van der Waals surface area contributed by atoms with Crippen LogP contribution >= 0.6 is 0 Å². The van der Waals surface area contributed by atoms with E-state index in [2.05, 4.69) is 11.6 Å². The summed E-state index contributed by atoms with van der Waals surface area (Å²) in [6.45, 7) is 5.53. The van der Waals surface area contributed by atoms with E-state index in [0.29, 0.717) is 5.82 Å². The van der Waals surface area contributed by atoms with Crippen LogP contribution in [0.1, 0.15) is 24.1 Å². The van der Waals surface area contributed by atoms with Gasteiger partial charge in [0.05, 0.1) is 0 Å². The van der Waals surface area contributed by atoms with Crippen LogP contribution in [0.5, 0.6) is 0 Å². The Bertz CT molecular complexity index is 292. The molecule has 12 heavy (non-hydrogen) atoms. The molecule has 0 aromatic carbocycles. The second-order valence-electron chi connectivity index (χ2n) is 2.74. The average Bonchev–Trinajstić information content (AvgIpc) is 2.05. The maximum atomic E-state index is 5.67. The summed E-state index contributed by atoms with van der Waals surface area (Å²) in [7, 11) is 0. The maximum absolute atomic E-state index is 5.67. The Kier molecular flexibility index (Phi) is 2.45. The maximum Gasteiger partial charge on any atom is 0.130 e. The SMILES string of the molecule is C=Cc1cc([C@H](C)N)cnc1N. The van der Waals surface area contributed by atoms with E-state index in [0.717, 1.165) is 11.1 Å². The lowest BCUT2D eigenvalue weighted by Crippen LogP contribution is -2.06. The largest absolute Gasteiger partial charge is 0.383 e. The van der Waals surface area contributed by atoms with E-state index < -0.39 is 0 Å². The normalized spacial score (nSPS) is 12.5. The molecular formula is C9H13N3. The molecule has 3 heteroatoms. The number of nitrogens with zero attached hydrogens (tertiary/aromatic N) is 1. The monoisotopic (exact) mass is 163 g/mol. The second kappa shape index (κ2) is 3.36. The number of nitrogens with two attached hydrogens (primary N) is 2. The average molecular weight is 163 g/mol. The van der Waals surface area contributed by atoms with Crippen molar-refractivity contribution in [3.05, 3.63) is 30.0 Å². The minimum Gasteiger partial charge on any atom is -0.383 e. The van der Waals surface area contributed by atoms with Crippen LogP contribution in [0.15, 0.2) is 18.8 Å². The summed E-state index contributed by atoms with van der Waals surface area (Å²) in [5.74, 6) is 0.495. The fraction of sp³-hybridized carbons (Fsp3) is 0.222. The highest BCUT2D eigenvalue weighted by Gasteiger charge is 2.02. The third-order valence-electron chi connectivity index (χ3n) is 1.72. The van der Waals surface area contributed by atoms with Gasteiger partial charge in [-0.15, -0.1) is 0 Å². The van der Waals surface area contributed by atoms with Crippen LogP contribution in [-0.4, -0.2) is 4.98 Å². The molecule has 0 fully saturated rings. The van der Waals surface area contributed by atoms with Gasteiger partial charge < -0.3 is 11.5 Å². The molecule has 1 rings (SSSR count). The molecular weight excluding hydrogens is 150 g/mol. The number of pyridine rings is 1. The quantitative estimate of drug-likeness (QED) is 0.691. The molecule has 4 N–H and O–H groups in total. The summed E-state index contributed by atoms with van der Waals surface area (Å²) in [6, 6.07) is 1.89. The lowest BCUT2D eigenvalue weighted by molar-refractivity contribution is 0.812. The summed E-state index contributed by atoms with van der Waals surface area (Å²) in [5, 5.41) is 0. The van der Waals surface area contributed by atoms with Crippen LogP contribution in [0.2, 0.25) is 0 Å². The van der Waals surface area contributed by atoms with Gasteiger partial charge in [0, 0.05) is 17.8 Å². The van der Waals surface area contributed by atoms with Crippen molar-refractivity contribution in [3.8, 4) is 0 Å². The van der Waals surface area contributed by atoms with Crippen molar-refractivity contribution >= 4 is 11.9 Å². The van der Waals surface area contributed by atoms with E-state index in [-0.39, 0.29) is 6.04 Å². The number of hydrogen-bond acceptors (Lipinski definition) is 3. The predicted molar refractivity (Wildman–Crippen MR) is 51.3 cm³/mol. The lowest BCUT2D eigenvalue weighted by Gasteiger charge is -2.06. The van der Waals surface area contributed by atoms with Crippen LogP contribution < -0.4 is 11.5 Å². The van der Waals surface area contributed by atoms with Gasteiger partial charge in [0.25, 0.3) is 0 Å². The van der Waals surface area contributed by atoms with Gasteiger partial charge in [0.15, 0.2) is 0 Å². The van der Waals surface area contributed by atoms with Gasteiger partial charge >= 0.3 is 0 Å². The van der Waals surface area contributed by atoms with Crippen molar-refractivity contribution in [2.24, 2.45) is 5.73 Å². The van der Waals surface area contributed by atoms with Crippen LogP contribution in [0, 0.1) is 0 Å². The highest BCUT2D eigenvalue weighted by atomic mass is 14.8. The molecule has 1 aromatic rings. The molecule has 0 spiro atoms. The lowest BCUT2D eigenvalue weighted by atomic mass is 10.1. The molecule has 1 atom stereocenters. The first kappa shape index (κ1) is 8.74. The number of nitrogen functional groups attached to an aromatic ring is 1. The Morgan fingerprint density at radius 2 is 2.33 bits per heavy atom. The Labute approximate surface area is 72.1 Å². The number of hydrogen-bond donors (Lipinski definition) is 2. The second-order valence-corrected chi connectivity index (χ2v) is 2.74. The summed E-state index contributed by atoms with van der Waals surface area (Å²) in [5.41, 5.74) is 13.1. The van der Waals surface area contributed by atoms with Gasteiger partial charge in [0.2, 0.25) is 0 Å². The first-order valence-electron chi connectivity index (χ1n) is 3.78. The fourth-order valence-corrected chi connectivity index (χ4v) is 0.922. The molecule has 0 aliphatic carbocycles. The van der Waals surface area contributed by atoms with Crippen molar-refractivity contribution in [1.29, 1.82) is 0 Å². The Hall–Kier alpha value is -1.35. The zero-order valence-corrected chi connectivity index (χ0v) is 7.12. The van der Waals surface area contributed by atoms with Crippen molar-refractivity contribution < 1.29 is 0 Å². The molecule has 3 nitrogen and oxygen atoms in total. The summed E-state index contributed by atoms with van der Waals surface area (Å²) in [4.78, 5) is 4.00. The smallest absolute Gasteiger partial charge is 0.130 e. The zero-order chi connectivity index (χ0) is 9.14. The Morgan fingerprint density at radius 1 is 1.67 bits per heavy atom. The van der Waals surface area contributed by atoms with E-state index in [1.54, 1.807) is 12.3 Å². The zero-order valence-electron chi connectivity index (χ0n) is 7.12. The van der Waals surface area contributed by atoms with E-state index in [4.69, 9.17) is 11.5 Å².